The number of hydrogen-bond acceptors (Lipinski definition) is 1. The maximum atomic E-state index is 5.52. The molecule has 1 aromatic rings. The molecule has 0 unspecified atom stereocenters. The quantitative estimate of drug-likeness (QED) is 0.755. The highest BCUT2D eigenvalue weighted by atomic mass is 31.2. The van der Waals surface area contributed by atoms with Gasteiger partial charge in [0.25, 0.3) is 0 Å². The summed E-state index contributed by atoms with van der Waals surface area (Å²) in [5.41, 5.74) is 1.17. The highest BCUT2D eigenvalue weighted by Crippen LogP contribution is 2.64. The summed E-state index contributed by atoms with van der Waals surface area (Å²) in [6.45, 7) is 7.40. The average molecular weight is 332 g/mol. The summed E-state index contributed by atoms with van der Waals surface area (Å²) in [5, 5.41) is 0. The van der Waals surface area contributed by atoms with Gasteiger partial charge in [-0.1, -0.05) is 18.2 Å². The van der Waals surface area contributed by atoms with Crippen LogP contribution in [-0.4, -0.2) is 53.3 Å². The molecule has 5 heteroatoms. The minimum absolute atomic E-state index is 1.17. The standard InChI is InChI=1S/C18H29N4P/c1-2-10-18(11-3-1)19-23(20-12-4-5-13-20,21-14-6-7-15-21)22-16-8-9-17-22/h1-3,10-11H,4-9,12-17H2. The van der Waals surface area contributed by atoms with Crippen molar-refractivity contribution in [3.63, 3.8) is 0 Å². The van der Waals surface area contributed by atoms with Crippen molar-refractivity contribution in [1.29, 1.82) is 0 Å². The predicted octanol–water partition coefficient (Wildman–Crippen LogP) is 4.55. The molecule has 4 nitrogen and oxygen atoms in total. The Morgan fingerprint density at radius 2 is 1.00 bits per heavy atom. The molecule has 4 rings (SSSR count). The highest BCUT2D eigenvalue weighted by molar-refractivity contribution is 7.59. The van der Waals surface area contributed by atoms with E-state index in [0.717, 1.165) is 0 Å². The van der Waals surface area contributed by atoms with Crippen molar-refractivity contribution in [1.82, 2.24) is 14.0 Å². The van der Waals surface area contributed by atoms with E-state index in [0.29, 0.717) is 0 Å². The first-order chi connectivity index (χ1) is 11.4. The van der Waals surface area contributed by atoms with Gasteiger partial charge in [0.05, 0.1) is 5.69 Å². The first-order valence-electron chi connectivity index (χ1n) is 9.33. The lowest BCUT2D eigenvalue weighted by molar-refractivity contribution is 0.384. The summed E-state index contributed by atoms with van der Waals surface area (Å²) in [6.07, 6.45) is 8.05. The molecule has 0 amide bonds. The molecule has 23 heavy (non-hydrogen) atoms. The minimum atomic E-state index is -1.74. The molecule has 0 radical (unpaired) electrons. The topological polar surface area (TPSA) is 22.1 Å². The van der Waals surface area contributed by atoms with Gasteiger partial charge in [0.1, 0.15) is 0 Å². The van der Waals surface area contributed by atoms with Crippen molar-refractivity contribution < 1.29 is 0 Å². The zero-order chi connectivity index (χ0) is 15.5. The Bertz CT molecular complexity index is 508. The van der Waals surface area contributed by atoms with Gasteiger partial charge in [-0.2, -0.15) is 0 Å². The van der Waals surface area contributed by atoms with Crippen LogP contribution in [0.15, 0.2) is 35.1 Å². The van der Waals surface area contributed by atoms with E-state index < -0.39 is 7.51 Å². The van der Waals surface area contributed by atoms with Gasteiger partial charge >= 0.3 is 0 Å². The molecule has 126 valence electrons. The molecule has 3 aliphatic rings. The van der Waals surface area contributed by atoms with E-state index in [-0.39, 0.29) is 0 Å². The van der Waals surface area contributed by atoms with Crippen molar-refractivity contribution >= 4 is 13.2 Å². The maximum Gasteiger partial charge on any atom is 0.172 e. The van der Waals surface area contributed by atoms with Crippen LogP contribution >= 0.6 is 7.51 Å². The molecule has 3 fully saturated rings. The number of rotatable bonds is 4. The Hall–Kier alpha value is -0.670. The monoisotopic (exact) mass is 332 g/mol. The van der Waals surface area contributed by atoms with Gasteiger partial charge in [-0.3, -0.25) is 0 Å². The van der Waals surface area contributed by atoms with Crippen LogP contribution in [0.3, 0.4) is 0 Å². The van der Waals surface area contributed by atoms with Crippen LogP contribution in [0.2, 0.25) is 0 Å². The number of benzene rings is 1. The normalized spacial score (nSPS) is 24.5. The Labute approximate surface area is 140 Å². The Morgan fingerprint density at radius 3 is 1.39 bits per heavy atom. The third kappa shape index (κ3) is 3.02. The Balaban J connectivity index is 1.83. The van der Waals surface area contributed by atoms with Gasteiger partial charge in [-0.25, -0.2) is 18.8 Å². The first kappa shape index (κ1) is 15.8. The van der Waals surface area contributed by atoms with E-state index in [4.69, 9.17) is 4.74 Å². The minimum Gasteiger partial charge on any atom is -0.246 e. The molecule has 3 aliphatic heterocycles. The van der Waals surface area contributed by atoms with Crippen molar-refractivity contribution in [2.24, 2.45) is 4.74 Å². The zero-order valence-electron chi connectivity index (χ0n) is 14.1. The van der Waals surface area contributed by atoms with E-state index in [2.05, 4.69) is 44.3 Å². The molecule has 0 aliphatic carbocycles. The lowest BCUT2D eigenvalue weighted by atomic mass is 10.3. The number of hydrogen-bond donors (Lipinski definition) is 0. The third-order valence-electron chi connectivity index (χ3n) is 5.39. The zero-order valence-corrected chi connectivity index (χ0v) is 15.0. The van der Waals surface area contributed by atoms with Crippen LogP contribution in [0.1, 0.15) is 38.5 Å². The van der Waals surface area contributed by atoms with Crippen molar-refractivity contribution in [2.45, 2.75) is 38.5 Å². The second kappa shape index (κ2) is 7.06. The van der Waals surface area contributed by atoms with E-state index >= 15 is 0 Å². The van der Waals surface area contributed by atoms with Crippen LogP contribution in [-0.2, 0) is 0 Å². The summed E-state index contributed by atoms with van der Waals surface area (Å²) >= 11 is 0. The van der Waals surface area contributed by atoms with Crippen LogP contribution < -0.4 is 0 Å². The Kier molecular flexibility index (Phi) is 4.86. The lowest BCUT2D eigenvalue weighted by Gasteiger charge is -2.45. The molecule has 0 spiro atoms. The van der Waals surface area contributed by atoms with Crippen molar-refractivity contribution in [3.05, 3.63) is 30.3 Å². The van der Waals surface area contributed by atoms with Crippen LogP contribution in [0.4, 0.5) is 5.69 Å². The summed E-state index contributed by atoms with van der Waals surface area (Å²) < 4.78 is 13.8. The summed E-state index contributed by atoms with van der Waals surface area (Å²) in [5.74, 6) is 0. The highest BCUT2D eigenvalue weighted by Gasteiger charge is 2.43. The fraction of sp³-hybridized carbons (Fsp3) is 0.667. The molecule has 3 heterocycles. The van der Waals surface area contributed by atoms with Gasteiger partial charge in [0.2, 0.25) is 0 Å². The van der Waals surface area contributed by atoms with E-state index in [1.807, 2.05) is 0 Å². The molecule has 0 bridgehead atoms. The van der Waals surface area contributed by atoms with Gasteiger partial charge in [0, 0.05) is 39.3 Å². The van der Waals surface area contributed by atoms with Crippen molar-refractivity contribution in [3.8, 4) is 0 Å². The molecule has 1 aromatic carbocycles. The molecule has 0 aromatic heterocycles. The van der Waals surface area contributed by atoms with Gasteiger partial charge < -0.3 is 0 Å². The predicted molar refractivity (Wildman–Crippen MR) is 97.9 cm³/mol. The third-order valence-corrected chi connectivity index (χ3v) is 9.37. The van der Waals surface area contributed by atoms with E-state index in [1.165, 1.54) is 83.5 Å². The lowest BCUT2D eigenvalue weighted by Crippen LogP contribution is -2.38. The van der Waals surface area contributed by atoms with E-state index in [9.17, 15) is 0 Å². The van der Waals surface area contributed by atoms with E-state index in [1.54, 1.807) is 0 Å². The SMILES string of the molecule is c1ccc(N=P(N2CCCC2)(N2CCCC2)N2CCCC2)cc1. The molecule has 3 saturated heterocycles. The first-order valence-corrected chi connectivity index (χ1v) is 10.9. The second-order valence-electron chi connectivity index (χ2n) is 6.95. The largest absolute Gasteiger partial charge is 0.246 e. The molecular formula is C18H29N4P. The molecule has 0 atom stereocenters. The summed E-state index contributed by atoms with van der Waals surface area (Å²) in [6, 6.07) is 10.7. The van der Waals surface area contributed by atoms with Crippen molar-refractivity contribution in [2.75, 3.05) is 39.3 Å². The Morgan fingerprint density at radius 1 is 0.609 bits per heavy atom. The second-order valence-corrected chi connectivity index (χ2v) is 9.92. The van der Waals surface area contributed by atoms with Crippen LogP contribution in [0.25, 0.3) is 0 Å². The molecule has 0 N–H and O–H groups in total. The fourth-order valence-electron chi connectivity index (χ4n) is 4.28. The average Bonchev–Trinajstić information content (AvgIpc) is 3.38. The summed E-state index contributed by atoms with van der Waals surface area (Å²) in [4.78, 5) is 0. The van der Waals surface area contributed by atoms with Gasteiger partial charge in [0.15, 0.2) is 7.51 Å². The molecule has 0 saturated carbocycles. The number of nitrogens with zero attached hydrogens (tertiary/aromatic N) is 4. The fourth-order valence-corrected chi connectivity index (χ4v) is 8.64. The van der Waals surface area contributed by atoms with Gasteiger partial charge in [-0.15, -0.1) is 0 Å². The maximum absolute atomic E-state index is 5.52. The summed E-state index contributed by atoms with van der Waals surface area (Å²) in [7, 11) is -1.74. The van der Waals surface area contributed by atoms with Crippen LogP contribution in [0.5, 0.6) is 0 Å². The smallest absolute Gasteiger partial charge is 0.172 e. The van der Waals surface area contributed by atoms with Crippen LogP contribution in [0, 0.1) is 0 Å². The van der Waals surface area contributed by atoms with Gasteiger partial charge in [-0.05, 0) is 50.7 Å². The molecular weight excluding hydrogens is 303 g/mol.